The van der Waals surface area contributed by atoms with Crippen LogP contribution in [0.4, 0.5) is 5.69 Å². The highest BCUT2D eigenvalue weighted by atomic mass is 16.5. The smallest absolute Gasteiger partial charge is 0.257 e. The number of amides is 1. The summed E-state index contributed by atoms with van der Waals surface area (Å²) in [5.74, 6) is 0.273. The van der Waals surface area contributed by atoms with Crippen LogP contribution >= 0.6 is 0 Å². The monoisotopic (exact) mass is 304 g/mol. The quantitative estimate of drug-likeness (QED) is 0.792. The predicted molar refractivity (Wildman–Crippen MR) is 90.6 cm³/mol. The number of ether oxygens (including phenoxy) is 1. The number of rotatable bonds is 4. The van der Waals surface area contributed by atoms with Gasteiger partial charge in [-0.15, -0.1) is 0 Å². The molecule has 1 aromatic heterocycles. The van der Waals surface area contributed by atoms with E-state index in [0.717, 1.165) is 16.8 Å². The van der Waals surface area contributed by atoms with Gasteiger partial charge in [0.1, 0.15) is 0 Å². The summed E-state index contributed by atoms with van der Waals surface area (Å²) < 4.78 is 5.00. The molecule has 23 heavy (non-hydrogen) atoms. The molecule has 3 rings (SSSR count). The number of hydrogen-bond donors (Lipinski definition) is 1. The fourth-order valence-corrected chi connectivity index (χ4v) is 2.29. The number of carbonyl (C=O) groups is 1. The molecule has 0 fully saturated rings. The van der Waals surface area contributed by atoms with Crippen molar-refractivity contribution in [3.63, 3.8) is 0 Å². The first-order valence-corrected chi connectivity index (χ1v) is 7.24. The van der Waals surface area contributed by atoms with E-state index in [1.165, 1.54) is 13.3 Å². The third-order valence-electron chi connectivity index (χ3n) is 3.47. The number of aromatic nitrogens is 1. The number of hydrogen-bond acceptors (Lipinski definition) is 3. The number of anilines is 1. The standard InChI is InChI=1S/C19H16N2O2/c1-23-18-12-11-15(13-20-18)19(22)21-17-10-6-5-9-16(17)14-7-3-2-4-8-14/h2-13H,1H3,(H,21,22). The van der Waals surface area contributed by atoms with Crippen molar-refractivity contribution in [2.24, 2.45) is 0 Å². The van der Waals surface area contributed by atoms with Crippen molar-refractivity contribution in [2.45, 2.75) is 0 Å². The molecule has 1 N–H and O–H groups in total. The molecule has 4 heteroatoms. The Morgan fingerprint density at radius 2 is 1.70 bits per heavy atom. The van der Waals surface area contributed by atoms with Gasteiger partial charge in [-0.25, -0.2) is 4.98 Å². The lowest BCUT2D eigenvalue weighted by Crippen LogP contribution is -2.12. The molecular formula is C19H16N2O2. The first-order chi connectivity index (χ1) is 11.3. The number of carbonyl (C=O) groups excluding carboxylic acids is 1. The third kappa shape index (κ3) is 3.37. The number of benzene rings is 2. The van der Waals surface area contributed by atoms with E-state index in [9.17, 15) is 4.79 Å². The van der Waals surface area contributed by atoms with Crippen LogP contribution in [-0.2, 0) is 0 Å². The highest BCUT2D eigenvalue weighted by Crippen LogP contribution is 2.27. The predicted octanol–water partition coefficient (Wildman–Crippen LogP) is 4.01. The summed E-state index contributed by atoms with van der Waals surface area (Å²) in [4.78, 5) is 16.5. The molecule has 0 unspecified atom stereocenters. The maximum absolute atomic E-state index is 12.4. The summed E-state index contributed by atoms with van der Waals surface area (Å²) in [6.07, 6.45) is 1.50. The number of nitrogens with one attached hydrogen (secondary N) is 1. The SMILES string of the molecule is COc1ccc(C(=O)Nc2ccccc2-c2ccccc2)cn1. The molecule has 0 aliphatic carbocycles. The Morgan fingerprint density at radius 3 is 2.39 bits per heavy atom. The minimum absolute atomic E-state index is 0.205. The van der Waals surface area contributed by atoms with Crippen LogP contribution in [0, 0.1) is 0 Å². The third-order valence-corrected chi connectivity index (χ3v) is 3.47. The van der Waals surface area contributed by atoms with E-state index in [4.69, 9.17) is 4.74 Å². The number of nitrogens with zero attached hydrogens (tertiary/aromatic N) is 1. The Hall–Kier alpha value is -3.14. The van der Waals surface area contributed by atoms with Crippen molar-refractivity contribution in [3.8, 4) is 17.0 Å². The van der Waals surface area contributed by atoms with E-state index < -0.39 is 0 Å². The lowest BCUT2D eigenvalue weighted by Gasteiger charge is -2.11. The lowest BCUT2D eigenvalue weighted by atomic mass is 10.0. The second kappa shape index (κ2) is 6.75. The lowest BCUT2D eigenvalue weighted by molar-refractivity contribution is 0.102. The van der Waals surface area contributed by atoms with E-state index in [1.54, 1.807) is 12.1 Å². The van der Waals surface area contributed by atoms with E-state index in [2.05, 4.69) is 10.3 Å². The molecule has 2 aromatic carbocycles. The van der Waals surface area contributed by atoms with Gasteiger partial charge in [0, 0.05) is 23.5 Å². The number of para-hydroxylation sites is 1. The van der Waals surface area contributed by atoms with Crippen LogP contribution < -0.4 is 10.1 Å². The van der Waals surface area contributed by atoms with Crippen LogP contribution in [0.15, 0.2) is 72.9 Å². The molecule has 0 saturated carbocycles. The Balaban J connectivity index is 1.86. The zero-order chi connectivity index (χ0) is 16.1. The van der Waals surface area contributed by atoms with E-state index in [1.807, 2.05) is 54.6 Å². The molecule has 0 atom stereocenters. The highest BCUT2D eigenvalue weighted by Gasteiger charge is 2.10. The van der Waals surface area contributed by atoms with Crippen LogP contribution in [0.2, 0.25) is 0 Å². The highest BCUT2D eigenvalue weighted by molar-refractivity contribution is 6.06. The second-order valence-electron chi connectivity index (χ2n) is 4.95. The molecule has 0 aliphatic rings. The fraction of sp³-hybridized carbons (Fsp3) is 0.0526. The maximum Gasteiger partial charge on any atom is 0.257 e. The average Bonchev–Trinajstić information content (AvgIpc) is 2.63. The van der Waals surface area contributed by atoms with Crippen LogP contribution in [0.5, 0.6) is 5.88 Å². The van der Waals surface area contributed by atoms with E-state index in [-0.39, 0.29) is 5.91 Å². The van der Waals surface area contributed by atoms with Crippen molar-refractivity contribution < 1.29 is 9.53 Å². The van der Waals surface area contributed by atoms with Gasteiger partial charge in [0.05, 0.1) is 12.7 Å². The topological polar surface area (TPSA) is 51.2 Å². The Bertz CT molecular complexity index is 799. The van der Waals surface area contributed by atoms with Crippen molar-refractivity contribution in [1.29, 1.82) is 0 Å². The largest absolute Gasteiger partial charge is 0.481 e. The molecule has 0 aliphatic heterocycles. The first-order valence-electron chi connectivity index (χ1n) is 7.24. The average molecular weight is 304 g/mol. The molecule has 0 saturated heterocycles. The van der Waals surface area contributed by atoms with Crippen molar-refractivity contribution in [3.05, 3.63) is 78.5 Å². The van der Waals surface area contributed by atoms with Gasteiger partial charge < -0.3 is 10.1 Å². The summed E-state index contributed by atoms with van der Waals surface area (Å²) in [6.45, 7) is 0. The molecule has 3 aromatic rings. The maximum atomic E-state index is 12.4. The Morgan fingerprint density at radius 1 is 0.957 bits per heavy atom. The zero-order valence-corrected chi connectivity index (χ0v) is 12.7. The van der Waals surface area contributed by atoms with Crippen molar-refractivity contribution in [2.75, 3.05) is 12.4 Å². The van der Waals surface area contributed by atoms with E-state index in [0.29, 0.717) is 11.4 Å². The summed E-state index contributed by atoms with van der Waals surface area (Å²) >= 11 is 0. The number of pyridine rings is 1. The minimum Gasteiger partial charge on any atom is -0.481 e. The molecule has 0 radical (unpaired) electrons. The van der Waals surface area contributed by atoms with Crippen LogP contribution in [0.25, 0.3) is 11.1 Å². The molecule has 0 spiro atoms. The Labute approximate surface area is 134 Å². The van der Waals surface area contributed by atoms with Crippen molar-refractivity contribution in [1.82, 2.24) is 4.98 Å². The van der Waals surface area contributed by atoms with Crippen LogP contribution in [0.1, 0.15) is 10.4 Å². The van der Waals surface area contributed by atoms with Crippen LogP contribution in [0.3, 0.4) is 0 Å². The van der Waals surface area contributed by atoms with Gasteiger partial charge in [-0.1, -0.05) is 48.5 Å². The van der Waals surface area contributed by atoms with Crippen LogP contribution in [-0.4, -0.2) is 18.0 Å². The number of methoxy groups -OCH3 is 1. The Kier molecular flexibility index (Phi) is 4.34. The summed E-state index contributed by atoms with van der Waals surface area (Å²) in [5.41, 5.74) is 3.27. The normalized spacial score (nSPS) is 10.1. The second-order valence-corrected chi connectivity index (χ2v) is 4.95. The van der Waals surface area contributed by atoms with Gasteiger partial charge in [0.25, 0.3) is 5.91 Å². The van der Waals surface area contributed by atoms with Gasteiger partial charge in [-0.05, 0) is 17.7 Å². The van der Waals surface area contributed by atoms with Gasteiger partial charge in [0.2, 0.25) is 5.88 Å². The van der Waals surface area contributed by atoms with Gasteiger partial charge in [-0.2, -0.15) is 0 Å². The van der Waals surface area contributed by atoms with Gasteiger partial charge in [-0.3, -0.25) is 4.79 Å². The van der Waals surface area contributed by atoms with Gasteiger partial charge >= 0.3 is 0 Å². The first kappa shape index (κ1) is 14.8. The minimum atomic E-state index is -0.205. The summed E-state index contributed by atoms with van der Waals surface area (Å²) in [5, 5.41) is 2.94. The molecule has 1 heterocycles. The molecule has 114 valence electrons. The summed E-state index contributed by atoms with van der Waals surface area (Å²) in [6, 6.07) is 21.0. The molecular weight excluding hydrogens is 288 g/mol. The van der Waals surface area contributed by atoms with Crippen molar-refractivity contribution >= 4 is 11.6 Å². The molecule has 0 bridgehead atoms. The van der Waals surface area contributed by atoms with Gasteiger partial charge in [0.15, 0.2) is 0 Å². The summed E-state index contributed by atoms with van der Waals surface area (Å²) in [7, 11) is 1.54. The zero-order valence-electron chi connectivity index (χ0n) is 12.7. The molecule has 4 nitrogen and oxygen atoms in total. The molecule has 1 amide bonds. The van der Waals surface area contributed by atoms with E-state index >= 15 is 0 Å². The fourth-order valence-electron chi connectivity index (χ4n) is 2.29.